The number of aromatic nitrogens is 4. The van der Waals surface area contributed by atoms with Crippen LogP contribution in [0.1, 0.15) is 70.2 Å². The fourth-order valence-electron chi connectivity index (χ4n) is 6.49. The molecule has 6 rings (SSSR count). The molecule has 2 aromatic carbocycles. The molecule has 240 valence electrons. The van der Waals surface area contributed by atoms with Crippen molar-refractivity contribution >= 4 is 11.8 Å². The first-order valence-electron chi connectivity index (χ1n) is 16.2. The number of rotatable bonds is 9. The van der Waals surface area contributed by atoms with E-state index in [9.17, 15) is 9.59 Å². The van der Waals surface area contributed by atoms with Crippen molar-refractivity contribution in [3.05, 3.63) is 84.7 Å². The summed E-state index contributed by atoms with van der Waals surface area (Å²) >= 11 is 0. The van der Waals surface area contributed by atoms with Crippen LogP contribution in [0.15, 0.2) is 73.1 Å². The molecule has 2 aliphatic heterocycles. The van der Waals surface area contributed by atoms with E-state index in [1.807, 2.05) is 36.0 Å². The van der Waals surface area contributed by atoms with Crippen molar-refractivity contribution in [3.8, 4) is 33.6 Å². The Morgan fingerprint density at radius 2 is 1.17 bits per heavy atom. The number of hydrogen-bond donors (Lipinski definition) is 4. The number of nitrogens with zero attached hydrogens (tertiary/aromatic N) is 4. The predicted octanol–water partition coefficient (Wildman–Crippen LogP) is 5.35. The Labute approximate surface area is 270 Å². The largest absolute Gasteiger partial charge is 0.340 e. The van der Waals surface area contributed by atoms with E-state index in [0.717, 1.165) is 71.0 Å². The molecule has 6 N–H and O–H groups in total. The minimum absolute atomic E-state index is 0.00439. The second-order valence-electron chi connectivity index (χ2n) is 13.0. The van der Waals surface area contributed by atoms with Gasteiger partial charge in [0.25, 0.3) is 0 Å². The topological polar surface area (TPSA) is 150 Å². The van der Waals surface area contributed by atoms with Crippen molar-refractivity contribution in [3.63, 3.8) is 0 Å². The maximum absolute atomic E-state index is 13.0. The molecule has 4 atom stereocenters. The number of hydrogen-bond acceptors (Lipinski definition) is 6. The van der Waals surface area contributed by atoms with Gasteiger partial charge in [-0.3, -0.25) is 9.59 Å². The molecule has 1 unspecified atom stereocenters. The number of amides is 2. The van der Waals surface area contributed by atoms with E-state index < -0.39 is 12.1 Å². The van der Waals surface area contributed by atoms with Crippen LogP contribution in [0.3, 0.4) is 0 Å². The summed E-state index contributed by atoms with van der Waals surface area (Å²) in [6, 6.07) is 15.4. The van der Waals surface area contributed by atoms with E-state index in [2.05, 4.69) is 75.0 Å². The standard InChI is InChI=1S/C36H44N8O2/c1-21(2)31(37)35(45)43-17-5-7-29(43)33-39-19-27(41-33)25-13-9-23(10-14-25)24-11-15-26(16-12-24)28-20-40-34(42-28)30-8-6-18-44(30)36(46)32(38)22(3)4/h9-16,19-20,22,29-32H,1,5-8,17-18,37-38H2,2-4H3,(H,39,41)(H,40,42)/t29-,30?,31-,32-/m0/s1. The van der Waals surface area contributed by atoms with Crippen molar-refractivity contribution in [1.29, 1.82) is 0 Å². The summed E-state index contributed by atoms with van der Waals surface area (Å²) in [5.41, 5.74) is 19.0. The van der Waals surface area contributed by atoms with Crippen LogP contribution in [0.25, 0.3) is 33.6 Å². The van der Waals surface area contributed by atoms with Gasteiger partial charge in [0.1, 0.15) is 17.7 Å². The Morgan fingerprint density at radius 1 is 0.761 bits per heavy atom. The molecule has 0 aliphatic carbocycles. The highest BCUT2D eigenvalue weighted by atomic mass is 16.2. The lowest BCUT2D eigenvalue weighted by Gasteiger charge is -2.27. The Bertz CT molecular complexity index is 1700. The normalized spacial score (nSPS) is 19.5. The van der Waals surface area contributed by atoms with Crippen LogP contribution >= 0.6 is 0 Å². The number of aromatic amines is 2. The van der Waals surface area contributed by atoms with Crippen LogP contribution < -0.4 is 11.5 Å². The summed E-state index contributed by atoms with van der Waals surface area (Å²) in [5, 5.41) is 0. The number of benzene rings is 2. The van der Waals surface area contributed by atoms with E-state index >= 15 is 0 Å². The van der Waals surface area contributed by atoms with Crippen molar-refractivity contribution < 1.29 is 9.59 Å². The third-order valence-corrected chi connectivity index (χ3v) is 9.42. The number of H-pyrrole nitrogens is 2. The van der Waals surface area contributed by atoms with Gasteiger partial charge in [0.15, 0.2) is 0 Å². The maximum atomic E-state index is 13.0. The quantitative estimate of drug-likeness (QED) is 0.185. The summed E-state index contributed by atoms with van der Waals surface area (Å²) in [5.74, 6) is 1.57. The number of carbonyl (C=O) groups excluding carboxylic acids is 2. The molecule has 0 saturated carbocycles. The van der Waals surface area contributed by atoms with Crippen LogP contribution in [0, 0.1) is 5.92 Å². The van der Waals surface area contributed by atoms with E-state index in [1.165, 1.54) is 0 Å². The molecule has 2 aromatic heterocycles. The van der Waals surface area contributed by atoms with E-state index in [-0.39, 0.29) is 29.8 Å². The molecule has 4 aromatic rings. The monoisotopic (exact) mass is 620 g/mol. The minimum Gasteiger partial charge on any atom is -0.340 e. The first-order chi connectivity index (χ1) is 22.1. The van der Waals surface area contributed by atoms with Gasteiger partial charge in [-0.05, 0) is 60.8 Å². The molecule has 2 aliphatic rings. The lowest BCUT2D eigenvalue weighted by molar-refractivity contribution is -0.134. The highest BCUT2D eigenvalue weighted by Gasteiger charge is 2.36. The van der Waals surface area contributed by atoms with Gasteiger partial charge in [-0.1, -0.05) is 74.5 Å². The first kappa shape index (κ1) is 31.4. The molecule has 0 bridgehead atoms. The zero-order chi connectivity index (χ0) is 32.5. The van der Waals surface area contributed by atoms with Gasteiger partial charge in [-0.2, -0.15) is 0 Å². The van der Waals surface area contributed by atoms with Gasteiger partial charge < -0.3 is 31.2 Å². The average Bonchev–Trinajstić information content (AvgIpc) is 3.89. The smallest absolute Gasteiger partial charge is 0.244 e. The summed E-state index contributed by atoms with van der Waals surface area (Å²) < 4.78 is 0. The Balaban J connectivity index is 1.12. The number of likely N-dealkylation sites (tertiary alicyclic amines) is 2. The van der Waals surface area contributed by atoms with Crippen LogP contribution in [-0.2, 0) is 9.59 Å². The molecular weight excluding hydrogens is 576 g/mol. The van der Waals surface area contributed by atoms with Crippen molar-refractivity contribution in [2.45, 2.75) is 70.6 Å². The highest BCUT2D eigenvalue weighted by Crippen LogP contribution is 2.34. The van der Waals surface area contributed by atoms with Gasteiger partial charge in [0.05, 0.1) is 41.9 Å². The van der Waals surface area contributed by atoms with Gasteiger partial charge in [0, 0.05) is 13.1 Å². The Hall–Kier alpha value is -4.54. The molecule has 2 fully saturated rings. The second kappa shape index (κ2) is 13.1. The van der Waals surface area contributed by atoms with Crippen LogP contribution in [0.4, 0.5) is 0 Å². The van der Waals surface area contributed by atoms with Crippen LogP contribution in [0.2, 0.25) is 0 Å². The average molecular weight is 621 g/mol. The van der Waals surface area contributed by atoms with E-state index in [4.69, 9.17) is 11.5 Å². The van der Waals surface area contributed by atoms with Crippen LogP contribution in [0.5, 0.6) is 0 Å². The molecule has 0 radical (unpaired) electrons. The predicted molar refractivity (Wildman–Crippen MR) is 180 cm³/mol. The summed E-state index contributed by atoms with van der Waals surface area (Å²) in [4.78, 5) is 45.8. The fraction of sp³-hybridized carbons (Fsp3) is 0.389. The number of imidazole rings is 2. The summed E-state index contributed by atoms with van der Waals surface area (Å²) in [7, 11) is 0. The molecule has 0 spiro atoms. The van der Waals surface area contributed by atoms with E-state index in [0.29, 0.717) is 18.7 Å². The van der Waals surface area contributed by atoms with Gasteiger partial charge in [-0.25, -0.2) is 9.97 Å². The molecular formula is C36H44N8O2. The zero-order valence-corrected chi connectivity index (χ0v) is 26.9. The SMILES string of the molecule is C=C(C)[C@H](N)C(=O)N1CCC[C@H]1c1ncc(-c2ccc(-c3ccc(-c4cnc(C5CCCN5C(=O)[C@@H](N)C(C)C)[nH]4)cc3)cc2)[nH]1. The fourth-order valence-corrected chi connectivity index (χ4v) is 6.49. The molecule has 10 heteroatoms. The third-order valence-electron chi connectivity index (χ3n) is 9.42. The van der Waals surface area contributed by atoms with Gasteiger partial charge in [-0.15, -0.1) is 0 Å². The second-order valence-corrected chi connectivity index (χ2v) is 13.0. The maximum Gasteiger partial charge on any atom is 0.244 e. The molecule has 10 nitrogen and oxygen atoms in total. The zero-order valence-electron chi connectivity index (χ0n) is 26.9. The minimum atomic E-state index is -0.692. The van der Waals surface area contributed by atoms with Crippen molar-refractivity contribution in [2.75, 3.05) is 13.1 Å². The van der Waals surface area contributed by atoms with Crippen molar-refractivity contribution in [1.82, 2.24) is 29.7 Å². The Kier molecular flexibility index (Phi) is 8.93. The number of nitrogens with two attached hydrogens (primary N) is 2. The number of nitrogens with one attached hydrogen (secondary N) is 2. The van der Waals surface area contributed by atoms with Crippen molar-refractivity contribution in [2.24, 2.45) is 17.4 Å². The van der Waals surface area contributed by atoms with Gasteiger partial charge >= 0.3 is 0 Å². The molecule has 2 amide bonds. The summed E-state index contributed by atoms with van der Waals surface area (Å²) in [6.07, 6.45) is 7.26. The first-order valence-corrected chi connectivity index (χ1v) is 16.2. The highest BCUT2D eigenvalue weighted by molar-refractivity contribution is 5.85. The molecule has 4 heterocycles. The molecule has 2 saturated heterocycles. The Morgan fingerprint density at radius 3 is 1.59 bits per heavy atom. The third kappa shape index (κ3) is 6.15. The van der Waals surface area contributed by atoms with E-state index in [1.54, 1.807) is 6.92 Å². The lowest BCUT2D eigenvalue weighted by atomic mass is 10.0. The van der Waals surface area contributed by atoms with Crippen LogP contribution in [-0.4, -0.2) is 66.7 Å². The lowest BCUT2D eigenvalue weighted by Crippen LogP contribution is -2.46. The molecule has 46 heavy (non-hydrogen) atoms. The van der Waals surface area contributed by atoms with Gasteiger partial charge in [0.2, 0.25) is 11.8 Å². The number of carbonyl (C=O) groups is 2. The summed E-state index contributed by atoms with van der Waals surface area (Å²) in [6.45, 7) is 11.0.